The zero-order valence-electron chi connectivity index (χ0n) is 7.86. The first-order valence-electron chi connectivity index (χ1n) is 4.27. The van der Waals surface area contributed by atoms with Crippen molar-refractivity contribution < 1.29 is 0 Å². The zero-order valence-corrected chi connectivity index (χ0v) is 7.86. The third-order valence-corrected chi connectivity index (χ3v) is 2.04. The summed E-state index contributed by atoms with van der Waals surface area (Å²) in [5.74, 6) is -0.209. The second-order valence-corrected chi connectivity index (χ2v) is 3.06. The van der Waals surface area contributed by atoms with Crippen molar-refractivity contribution in [3.8, 4) is 0 Å². The first-order valence-corrected chi connectivity index (χ1v) is 4.27. The number of nitrogen functional groups attached to an aromatic ring is 2. The highest BCUT2D eigenvalue weighted by atomic mass is 15.2. The zero-order chi connectivity index (χ0) is 11.0. The maximum Gasteiger partial charge on any atom is 0.199 e. The van der Waals surface area contributed by atoms with E-state index < -0.39 is 0 Å². The van der Waals surface area contributed by atoms with Gasteiger partial charge in [0.05, 0.1) is 11.0 Å². The Morgan fingerprint density at radius 1 is 1.20 bits per heavy atom. The highest BCUT2D eigenvalue weighted by molar-refractivity contribution is 6.01. The predicted molar refractivity (Wildman–Crippen MR) is 58.1 cm³/mol. The lowest BCUT2D eigenvalue weighted by Gasteiger charge is -2.03. The van der Waals surface area contributed by atoms with Crippen molar-refractivity contribution in [2.24, 2.45) is 11.5 Å². The maximum absolute atomic E-state index is 7.42. The molecule has 2 rings (SSSR count). The first-order chi connectivity index (χ1) is 7.11. The molecule has 6 heteroatoms. The Bertz CT molecular complexity index is 553. The van der Waals surface area contributed by atoms with Gasteiger partial charge >= 0.3 is 0 Å². The fraction of sp³-hybridized carbons (Fsp3) is 0. The number of nitrogens with zero attached hydrogens (tertiary/aromatic N) is 2. The monoisotopic (exact) mass is 202 g/mol. The summed E-state index contributed by atoms with van der Waals surface area (Å²) >= 11 is 0. The van der Waals surface area contributed by atoms with Crippen molar-refractivity contribution in [2.75, 3.05) is 0 Å². The molecule has 0 radical (unpaired) electrons. The molecule has 1 heterocycles. The second kappa shape index (κ2) is 3.09. The van der Waals surface area contributed by atoms with Gasteiger partial charge in [-0.3, -0.25) is 15.4 Å². The topological polar surface area (TPSA) is 118 Å². The Kier molecular flexibility index (Phi) is 1.89. The Hall–Kier alpha value is -2.37. The van der Waals surface area contributed by atoms with Crippen molar-refractivity contribution >= 4 is 22.8 Å². The van der Waals surface area contributed by atoms with Gasteiger partial charge in [0.25, 0.3) is 0 Å². The first kappa shape index (κ1) is 9.20. The van der Waals surface area contributed by atoms with Gasteiger partial charge in [0.1, 0.15) is 0 Å². The molecule has 1 aromatic heterocycles. The molecule has 0 aliphatic carbocycles. The highest BCUT2D eigenvalue weighted by Crippen LogP contribution is 2.14. The Labute approximate surface area is 85.5 Å². The smallest absolute Gasteiger partial charge is 0.199 e. The van der Waals surface area contributed by atoms with Crippen LogP contribution in [0.2, 0.25) is 0 Å². The third kappa shape index (κ3) is 1.32. The summed E-state index contributed by atoms with van der Waals surface area (Å²) in [7, 11) is 0. The fourth-order valence-electron chi connectivity index (χ4n) is 1.45. The summed E-state index contributed by atoms with van der Waals surface area (Å²) in [6.07, 6.45) is 0. The van der Waals surface area contributed by atoms with Gasteiger partial charge in [-0.05, 0) is 12.1 Å². The van der Waals surface area contributed by atoms with Gasteiger partial charge < -0.3 is 11.5 Å². The van der Waals surface area contributed by atoms with E-state index in [4.69, 9.17) is 22.3 Å². The van der Waals surface area contributed by atoms with Crippen LogP contribution in [0.5, 0.6) is 0 Å². The normalized spacial score (nSPS) is 10.4. The number of fused-ring (bicyclic) bond motifs is 1. The molecule has 0 saturated heterocycles. The van der Waals surface area contributed by atoms with Crippen LogP contribution >= 0.6 is 0 Å². The largest absolute Gasteiger partial charge is 0.381 e. The van der Waals surface area contributed by atoms with E-state index in [1.807, 2.05) is 12.1 Å². The molecule has 0 spiro atoms. The van der Waals surface area contributed by atoms with Gasteiger partial charge in [0.2, 0.25) is 0 Å². The van der Waals surface area contributed by atoms with Crippen molar-refractivity contribution in [1.82, 2.24) is 9.55 Å². The summed E-state index contributed by atoms with van der Waals surface area (Å²) in [6, 6.07) is 7.19. The van der Waals surface area contributed by atoms with E-state index in [-0.39, 0.29) is 17.6 Å². The molecule has 0 unspecified atom stereocenters. The second-order valence-electron chi connectivity index (χ2n) is 3.06. The minimum atomic E-state index is -0.207. The van der Waals surface area contributed by atoms with E-state index >= 15 is 0 Å². The molecule has 15 heavy (non-hydrogen) atoms. The van der Waals surface area contributed by atoms with Crippen LogP contribution in [-0.4, -0.2) is 21.3 Å². The van der Waals surface area contributed by atoms with Crippen molar-refractivity contribution in [2.45, 2.75) is 0 Å². The molecular weight excluding hydrogens is 192 g/mol. The standard InChI is InChI=1S/C9H10N6/c10-7(11)8-14-5-3-1-2-4-6(5)15(8)9(12)13/h1-4H,(H3,10,11)(H3,12,13). The summed E-state index contributed by atoms with van der Waals surface area (Å²) in [4.78, 5) is 4.13. The van der Waals surface area contributed by atoms with E-state index in [9.17, 15) is 0 Å². The van der Waals surface area contributed by atoms with Crippen LogP contribution in [0.4, 0.5) is 0 Å². The Morgan fingerprint density at radius 3 is 2.47 bits per heavy atom. The molecule has 2 aromatic rings. The van der Waals surface area contributed by atoms with E-state index in [1.165, 1.54) is 4.57 Å². The molecule has 0 atom stereocenters. The predicted octanol–water partition coefficient (Wildman–Crippen LogP) is 0.0619. The van der Waals surface area contributed by atoms with Gasteiger partial charge in [-0.15, -0.1) is 0 Å². The van der Waals surface area contributed by atoms with Crippen LogP contribution in [0.25, 0.3) is 11.0 Å². The average molecular weight is 202 g/mol. The minimum absolute atomic E-state index is 0.198. The van der Waals surface area contributed by atoms with E-state index in [0.29, 0.717) is 11.0 Å². The molecule has 0 saturated carbocycles. The van der Waals surface area contributed by atoms with E-state index in [0.717, 1.165) is 0 Å². The number of rotatable bonds is 1. The van der Waals surface area contributed by atoms with Crippen LogP contribution in [0.1, 0.15) is 5.82 Å². The lowest BCUT2D eigenvalue weighted by molar-refractivity contribution is 1.08. The summed E-state index contributed by atoms with van der Waals surface area (Å²) < 4.78 is 1.34. The molecule has 0 fully saturated rings. The van der Waals surface area contributed by atoms with E-state index in [2.05, 4.69) is 4.98 Å². The van der Waals surface area contributed by atoms with Crippen molar-refractivity contribution in [1.29, 1.82) is 10.8 Å². The van der Waals surface area contributed by atoms with Crippen LogP contribution in [0, 0.1) is 10.8 Å². The molecule has 6 N–H and O–H groups in total. The molecule has 1 aromatic carbocycles. The molecular formula is C9H10N6. The Morgan fingerprint density at radius 2 is 1.87 bits per heavy atom. The Balaban J connectivity index is 2.86. The lowest BCUT2D eigenvalue weighted by atomic mass is 10.3. The molecule has 0 aliphatic heterocycles. The maximum atomic E-state index is 7.42. The number of nitrogens with two attached hydrogens (primary N) is 2. The summed E-state index contributed by atoms with van der Waals surface area (Å²) in [5, 5.41) is 14.8. The molecule has 76 valence electrons. The van der Waals surface area contributed by atoms with Crippen molar-refractivity contribution in [3.05, 3.63) is 30.1 Å². The van der Waals surface area contributed by atoms with Crippen LogP contribution < -0.4 is 11.5 Å². The third-order valence-electron chi connectivity index (χ3n) is 2.04. The van der Waals surface area contributed by atoms with Crippen LogP contribution in [0.15, 0.2) is 24.3 Å². The molecule has 0 aliphatic rings. The van der Waals surface area contributed by atoms with Gasteiger partial charge in [-0.25, -0.2) is 4.98 Å². The highest BCUT2D eigenvalue weighted by Gasteiger charge is 2.13. The van der Waals surface area contributed by atoms with E-state index in [1.54, 1.807) is 12.1 Å². The van der Waals surface area contributed by atoms with Crippen molar-refractivity contribution in [3.63, 3.8) is 0 Å². The van der Waals surface area contributed by atoms with Gasteiger partial charge in [-0.1, -0.05) is 12.1 Å². The number of hydrogen-bond acceptors (Lipinski definition) is 3. The molecule has 0 amide bonds. The number of amidine groups is 1. The summed E-state index contributed by atoms with van der Waals surface area (Å²) in [6.45, 7) is 0. The number of hydrogen-bond donors (Lipinski definition) is 4. The van der Waals surface area contributed by atoms with Crippen LogP contribution in [0.3, 0.4) is 0 Å². The number of imidazole rings is 1. The molecule has 6 nitrogen and oxygen atoms in total. The lowest BCUT2D eigenvalue weighted by Crippen LogP contribution is -2.27. The molecule has 0 bridgehead atoms. The quantitative estimate of drug-likeness (QED) is 0.387. The SMILES string of the molecule is N=C(N)c1nc2ccccc2n1C(=N)N. The fourth-order valence-corrected chi connectivity index (χ4v) is 1.45. The number of para-hydroxylation sites is 2. The summed E-state index contributed by atoms with van der Waals surface area (Å²) in [5.41, 5.74) is 12.1. The number of nitrogens with one attached hydrogen (secondary N) is 2. The number of aromatic nitrogens is 2. The van der Waals surface area contributed by atoms with Gasteiger partial charge in [-0.2, -0.15) is 0 Å². The number of benzene rings is 1. The average Bonchev–Trinajstić information content (AvgIpc) is 2.56. The van der Waals surface area contributed by atoms with Crippen LogP contribution in [-0.2, 0) is 0 Å². The minimum Gasteiger partial charge on any atom is -0.381 e. The van der Waals surface area contributed by atoms with Gasteiger partial charge in [0.15, 0.2) is 17.6 Å². The van der Waals surface area contributed by atoms with Gasteiger partial charge in [0, 0.05) is 0 Å².